The van der Waals surface area contributed by atoms with Gasteiger partial charge < -0.3 is 0 Å². The van der Waals surface area contributed by atoms with Crippen molar-refractivity contribution in [1.82, 2.24) is 14.5 Å². The predicted molar refractivity (Wildman–Crippen MR) is 120 cm³/mol. The lowest BCUT2D eigenvalue weighted by molar-refractivity contribution is -0.119. The van der Waals surface area contributed by atoms with E-state index in [0.29, 0.717) is 40.4 Å². The van der Waals surface area contributed by atoms with E-state index in [0.717, 1.165) is 23.0 Å². The summed E-state index contributed by atoms with van der Waals surface area (Å²) in [5.74, 6) is -0.194. The van der Waals surface area contributed by atoms with E-state index in [1.165, 1.54) is 4.31 Å². The number of carbonyl (C=O) groups excluding carboxylic acids is 2. The molecule has 31 heavy (non-hydrogen) atoms. The molecule has 0 spiro atoms. The molecule has 1 saturated heterocycles. The maximum absolute atomic E-state index is 12.2. The number of thioether (sulfide) groups is 1. The molecule has 158 valence electrons. The Morgan fingerprint density at radius 1 is 1.19 bits per heavy atom. The van der Waals surface area contributed by atoms with E-state index in [2.05, 4.69) is 9.97 Å². The summed E-state index contributed by atoms with van der Waals surface area (Å²) in [6.45, 7) is 0.360. The molecule has 11 heteroatoms. The molecule has 0 atom stereocenters. The number of alkyl halides is 1. The summed E-state index contributed by atoms with van der Waals surface area (Å²) in [4.78, 5) is 32.8. The van der Waals surface area contributed by atoms with Crippen LogP contribution in [0.25, 0.3) is 22.9 Å². The van der Waals surface area contributed by atoms with Gasteiger partial charge in [0.15, 0.2) is 11.4 Å². The molecule has 0 radical (unpaired) electrons. The van der Waals surface area contributed by atoms with Crippen molar-refractivity contribution in [3.8, 4) is 5.69 Å². The van der Waals surface area contributed by atoms with Crippen LogP contribution in [0.4, 0.5) is 5.69 Å². The first-order chi connectivity index (χ1) is 14.9. The number of pyridine rings is 1. The Balaban J connectivity index is 1.54. The van der Waals surface area contributed by atoms with Crippen molar-refractivity contribution >= 4 is 67.2 Å². The number of ketones is 1. The van der Waals surface area contributed by atoms with Crippen LogP contribution in [0.15, 0.2) is 41.6 Å². The molecule has 5 rings (SSSR count). The average molecular weight is 475 g/mol. The van der Waals surface area contributed by atoms with Gasteiger partial charge in [0.2, 0.25) is 15.1 Å². The first-order valence-corrected chi connectivity index (χ1v) is 12.3. The molecule has 2 aliphatic rings. The molecule has 0 aliphatic carbocycles. The van der Waals surface area contributed by atoms with Gasteiger partial charge in [0.25, 0.3) is 0 Å². The number of aromatic nitrogens is 3. The minimum atomic E-state index is -3.53. The fourth-order valence-corrected chi connectivity index (χ4v) is 5.84. The van der Waals surface area contributed by atoms with Crippen molar-refractivity contribution in [2.45, 2.75) is 12.8 Å². The minimum absolute atomic E-state index is 0.0811. The number of hydrogen-bond donors (Lipinski definition) is 0. The molecule has 2 aliphatic heterocycles. The fourth-order valence-electron chi connectivity index (χ4n) is 3.71. The van der Waals surface area contributed by atoms with Crippen LogP contribution in [0, 0.1) is 0 Å². The Labute approximate surface area is 187 Å². The first kappa shape index (κ1) is 20.2. The van der Waals surface area contributed by atoms with Gasteiger partial charge in [0, 0.05) is 12.2 Å². The molecule has 0 N–H and O–H groups in total. The van der Waals surface area contributed by atoms with E-state index in [4.69, 9.17) is 11.6 Å². The van der Waals surface area contributed by atoms with Crippen LogP contribution >= 0.6 is 23.4 Å². The molecule has 0 unspecified atom stereocenters. The van der Waals surface area contributed by atoms with Crippen LogP contribution in [-0.2, 0) is 26.0 Å². The summed E-state index contributed by atoms with van der Waals surface area (Å²) >= 11 is 6.56. The van der Waals surface area contributed by atoms with Gasteiger partial charge in [-0.3, -0.25) is 18.5 Å². The van der Waals surface area contributed by atoms with Crippen molar-refractivity contribution in [1.29, 1.82) is 0 Å². The number of fused-ring (bicyclic) bond motifs is 2. The number of Topliss-reactive ketones (excluding diaryl/α,β-unsaturated/α-hetero) is 1. The summed E-state index contributed by atoms with van der Waals surface area (Å²) in [7, 11) is -3.53. The van der Waals surface area contributed by atoms with Crippen molar-refractivity contribution in [2.24, 2.45) is 0 Å². The summed E-state index contributed by atoms with van der Waals surface area (Å²) in [5, 5.41) is -0.625. The fraction of sp³-hybridized carbons (Fsp3) is 0.200. The van der Waals surface area contributed by atoms with Gasteiger partial charge in [-0.05, 0) is 60.2 Å². The van der Waals surface area contributed by atoms with Crippen molar-refractivity contribution in [2.75, 3.05) is 16.1 Å². The van der Waals surface area contributed by atoms with E-state index in [9.17, 15) is 18.0 Å². The second-order valence-electron chi connectivity index (χ2n) is 7.13. The van der Waals surface area contributed by atoms with Crippen LogP contribution < -0.4 is 4.31 Å². The van der Waals surface area contributed by atoms with Crippen molar-refractivity contribution in [3.63, 3.8) is 0 Å². The number of benzene rings is 1. The molecule has 3 aromatic rings. The van der Waals surface area contributed by atoms with Gasteiger partial charge in [-0.2, -0.15) is 0 Å². The third kappa shape index (κ3) is 3.54. The summed E-state index contributed by atoms with van der Waals surface area (Å²) in [6, 6.07) is 9.05. The zero-order valence-corrected chi connectivity index (χ0v) is 18.4. The molecule has 0 bridgehead atoms. The number of allylic oxidation sites excluding steroid dienone is 1. The van der Waals surface area contributed by atoms with E-state index in [1.807, 2.05) is 16.7 Å². The minimum Gasteiger partial charge on any atom is -0.293 e. The average Bonchev–Trinajstić information content (AvgIpc) is 3.44. The van der Waals surface area contributed by atoms with Crippen LogP contribution in [0.1, 0.15) is 17.7 Å². The van der Waals surface area contributed by atoms with Gasteiger partial charge in [-0.25, -0.2) is 18.4 Å². The molecule has 1 aromatic carbocycles. The van der Waals surface area contributed by atoms with Crippen LogP contribution in [-0.4, -0.2) is 45.6 Å². The number of sulfonamides is 1. The van der Waals surface area contributed by atoms with Gasteiger partial charge in [0.1, 0.15) is 17.1 Å². The smallest absolute Gasteiger partial charge is 0.249 e. The highest BCUT2D eigenvalue weighted by Crippen LogP contribution is 2.33. The summed E-state index contributed by atoms with van der Waals surface area (Å²) in [5.41, 5.74) is 4.16. The quantitative estimate of drug-likeness (QED) is 0.325. The molecule has 0 saturated carbocycles. The van der Waals surface area contributed by atoms with Crippen LogP contribution in [0.3, 0.4) is 0 Å². The Morgan fingerprint density at radius 3 is 2.77 bits per heavy atom. The molecule has 4 heterocycles. The first-order valence-electron chi connectivity index (χ1n) is 9.35. The van der Waals surface area contributed by atoms with Gasteiger partial charge >= 0.3 is 0 Å². The number of anilines is 1. The van der Waals surface area contributed by atoms with E-state index >= 15 is 0 Å². The van der Waals surface area contributed by atoms with Gasteiger partial charge in [-0.15, -0.1) is 11.6 Å². The molecule has 8 nitrogen and oxygen atoms in total. The summed E-state index contributed by atoms with van der Waals surface area (Å²) in [6.07, 6.45) is 3.77. The second-order valence-corrected chi connectivity index (χ2v) is 10.7. The third-order valence-electron chi connectivity index (χ3n) is 5.17. The molecular weight excluding hydrogens is 460 g/mol. The molecule has 0 amide bonds. The Morgan fingerprint density at radius 2 is 2.03 bits per heavy atom. The lowest BCUT2D eigenvalue weighted by Crippen LogP contribution is -2.29. The predicted octanol–water partition coefficient (Wildman–Crippen LogP) is 2.88. The monoisotopic (exact) mass is 474 g/mol. The van der Waals surface area contributed by atoms with Crippen molar-refractivity contribution < 1.29 is 18.0 Å². The standard InChI is InChI=1S/C20H15ClN4O4S2/c21-10-31(28,29)25-6-5-12-7-14(2-4-16(12)25)24-11-22-15-3-1-13(23-20(15)24)8-18-17(26)9-19(27)30-18/h1-4,7-8,11H,5-6,9-10H2/b18-8-. The highest BCUT2D eigenvalue weighted by atomic mass is 35.5. The largest absolute Gasteiger partial charge is 0.293 e. The normalized spacial score (nSPS) is 17.8. The Bertz CT molecular complexity index is 1400. The third-order valence-corrected chi connectivity index (χ3v) is 8.26. The van der Waals surface area contributed by atoms with Gasteiger partial charge in [0.05, 0.1) is 22.7 Å². The van der Waals surface area contributed by atoms with Gasteiger partial charge in [-0.1, -0.05) is 0 Å². The maximum Gasteiger partial charge on any atom is 0.249 e. The Hall–Kier alpha value is -2.69. The number of nitrogens with zero attached hydrogens (tertiary/aromatic N) is 4. The number of carbonyl (C=O) groups is 2. The molecule has 1 fully saturated rings. The zero-order chi connectivity index (χ0) is 21.8. The Kier molecular flexibility index (Phi) is 4.87. The highest BCUT2D eigenvalue weighted by molar-refractivity contribution is 8.18. The van der Waals surface area contributed by atoms with Crippen LogP contribution in [0.2, 0.25) is 0 Å². The SMILES string of the molecule is O=C1CC(=O)/C(=C/c2ccc3ncn(-c4ccc5c(c4)CCN5S(=O)(=O)CCl)c3n2)S1. The molecule has 2 aromatic heterocycles. The number of hydrogen-bond acceptors (Lipinski definition) is 7. The topological polar surface area (TPSA) is 102 Å². The number of imidazole rings is 1. The van der Waals surface area contributed by atoms with Crippen LogP contribution in [0.5, 0.6) is 0 Å². The zero-order valence-electron chi connectivity index (χ0n) is 16.0. The number of rotatable bonds is 4. The van der Waals surface area contributed by atoms with E-state index in [-0.39, 0.29) is 17.3 Å². The summed E-state index contributed by atoms with van der Waals surface area (Å²) < 4.78 is 27.5. The van der Waals surface area contributed by atoms with Crippen molar-refractivity contribution in [3.05, 3.63) is 52.8 Å². The lowest BCUT2D eigenvalue weighted by Gasteiger charge is -2.18. The maximum atomic E-state index is 12.2. The highest BCUT2D eigenvalue weighted by Gasteiger charge is 2.29. The lowest BCUT2D eigenvalue weighted by atomic mass is 10.1. The van der Waals surface area contributed by atoms with E-state index < -0.39 is 15.2 Å². The number of halogens is 1. The molecular formula is C20H15ClN4O4S2. The van der Waals surface area contributed by atoms with E-state index in [1.54, 1.807) is 30.6 Å². The second kappa shape index (κ2) is 7.47.